The van der Waals surface area contributed by atoms with Crippen molar-refractivity contribution in [3.05, 3.63) is 0 Å². The Morgan fingerprint density at radius 1 is 0.800 bits per heavy atom. The van der Waals surface area contributed by atoms with Crippen molar-refractivity contribution in [3.8, 4) is 0 Å². The monoisotopic (exact) mass is 435 g/mol. The van der Waals surface area contributed by atoms with Crippen LogP contribution in [0, 0.1) is 5.41 Å². The van der Waals surface area contributed by atoms with Gasteiger partial charge in [-0.3, -0.25) is 4.90 Å². The van der Waals surface area contributed by atoms with Gasteiger partial charge in [0.15, 0.2) is 0 Å². The fourth-order valence-electron chi connectivity index (χ4n) is 3.79. The third-order valence-corrected chi connectivity index (χ3v) is 5.17. The van der Waals surface area contributed by atoms with E-state index in [4.69, 9.17) is 18.9 Å². The van der Waals surface area contributed by atoms with E-state index >= 15 is 0 Å². The highest BCUT2D eigenvalue weighted by Gasteiger charge is 2.37. The Kier molecular flexibility index (Phi) is 9.50. The van der Waals surface area contributed by atoms with Crippen molar-refractivity contribution in [2.24, 2.45) is 5.41 Å². The van der Waals surface area contributed by atoms with Gasteiger partial charge in [0.25, 0.3) is 5.92 Å². The third kappa shape index (κ3) is 10.8. The Balaban J connectivity index is 1.53. The maximum absolute atomic E-state index is 14.2. The second-order valence-electron chi connectivity index (χ2n) is 11.1. The van der Waals surface area contributed by atoms with Gasteiger partial charge in [0.2, 0.25) is 0 Å². The Bertz CT molecular complexity index is 490. The fraction of sp³-hybridized carbons (Fsp3) is 1.00. The van der Waals surface area contributed by atoms with Gasteiger partial charge in [-0.25, -0.2) is 8.78 Å². The zero-order valence-electron chi connectivity index (χ0n) is 19.8. The van der Waals surface area contributed by atoms with Crippen LogP contribution >= 0.6 is 0 Å². The summed E-state index contributed by atoms with van der Waals surface area (Å²) < 4.78 is 51.1. The molecule has 1 heterocycles. The molecule has 30 heavy (non-hydrogen) atoms. The van der Waals surface area contributed by atoms with Gasteiger partial charge >= 0.3 is 0 Å². The predicted molar refractivity (Wildman–Crippen MR) is 114 cm³/mol. The van der Waals surface area contributed by atoms with Crippen molar-refractivity contribution in [2.45, 2.75) is 97.1 Å². The number of nitrogens with zero attached hydrogens (tertiary/aromatic N) is 1. The quantitative estimate of drug-likeness (QED) is 0.446. The number of ether oxygens (including phenoxy) is 4. The molecule has 1 saturated carbocycles. The molecule has 7 heteroatoms. The van der Waals surface area contributed by atoms with E-state index < -0.39 is 12.5 Å². The highest BCUT2D eigenvalue weighted by molar-refractivity contribution is 4.86. The molecule has 0 unspecified atom stereocenters. The molecule has 0 N–H and O–H groups in total. The standard InChI is InChI=1S/C23H43F2NO4/c1-21(2,3)16-27-11-12-28-17-23(24,25)15-26-9-7-18(8-10-26)29-19-13-20(14-19)30-22(4,5)6/h18-20H,7-17H2,1-6H3. The molecule has 2 fully saturated rings. The van der Waals surface area contributed by atoms with Crippen molar-refractivity contribution < 1.29 is 27.7 Å². The molecule has 1 aliphatic heterocycles. The molecule has 5 nitrogen and oxygen atoms in total. The maximum atomic E-state index is 14.2. The van der Waals surface area contributed by atoms with Gasteiger partial charge in [0, 0.05) is 13.1 Å². The molecular weight excluding hydrogens is 392 g/mol. The van der Waals surface area contributed by atoms with Crippen LogP contribution in [0.25, 0.3) is 0 Å². The number of alkyl halides is 2. The molecule has 2 aliphatic rings. The number of halogens is 2. The van der Waals surface area contributed by atoms with E-state index in [1.807, 2.05) is 4.90 Å². The highest BCUT2D eigenvalue weighted by Crippen LogP contribution is 2.32. The van der Waals surface area contributed by atoms with E-state index in [0.29, 0.717) is 26.3 Å². The van der Waals surface area contributed by atoms with Crippen LogP contribution in [0.15, 0.2) is 0 Å². The molecule has 1 saturated heterocycles. The average Bonchev–Trinajstić information content (AvgIpc) is 2.55. The number of rotatable bonds is 11. The van der Waals surface area contributed by atoms with E-state index in [2.05, 4.69) is 41.5 Å². The maximum Gasteiger partial charge on any atom is 0.283 e. The second kappa shape index (κ2) is 11.0. The molecular formula is C23H43F2NO4. The molecule has 0 aromatic heterocycles. The van der Waals surface area contributed by atoms with Gasteiger partial charge in [-0.2, -0.15) is 0 Å². The van der Waals surface area contributed by atoms with Gasteiger partial charge in [-0.15, -0.1) is 0 Å². The predicted octanol–water partition coefficient (Wildman–Crippen LogP) is 4.53. The normalized spacial score (nSPS) is 24.8. The summed E-state index contributed by atoms with van der Waals surface area (Å²) in [6, 6.07) is 0. The minimum absolute atomic E-state index is 0.0698. The molecule has 0 aromatic rings. The molecule has 0 spiro atoms. The zero-order valence-corrected chi connectivity index (χ0v) is 19.8. The molecule has 0 bridgehead atoms. The highest BCUT2D eigenvalue weighted by atomic mass is 19.3. The van der Waals surface area contributed by atoms with Crippen molar-refractivity contribution in [1.82, 2.24) is 4.90 Å². The summed E-state index contributed by atoms with van der Waals surface area (Å²) in [5.74, 6) is -2.84. The van der Waals surface area contributed by atoms with Crippen molar-refractivity contribution >= 4 is 0 Å². The van der Waals surface area contributed by atoms with Gasteiger partial charge in [0.1, 0.15) is 6.61 Å². The zero-order chi connectivity index (χ0) is 22.4. The van der Waals surface area contributed by atoms with Crippen LogP contribution in [-0.2, 0) is 18.9 Å². The van der Waals surface area contributed by atoms with Crippen molar-refractivity contribution in [3.63, 3.8) is 0 Å². The van der Waals surface area contributed by atoms with Gasteiger partial charge in [0.05, 0.1) is 50.3 Å². The van der Waals surface area contributed by atoms with Gasteiger partial charge < -0.3 is 18.9 Å². The van der Waals surface area contributed by atoms with Crippen molar-refractivity contribution in [2.75, 3.05) is 46.1 Å². The summed E-state index contributed by atoms with van der Waals surface area (Å²) in [5.41, 5.74) is -0.0459. The van der Waals surface area contributed by atoms with E-state index in [1.54, 1.807) is 0 Å². The Morgan fingerprint density at radius 2 is 1.37 bits per heavy atom. The Morgan fingerprint density at radius 3 is 1.90 bits per heavy atom. The Hall–Kier alpha value is -0.340. The van der Waals surface area contributed by atoms with Crippen LogP contribution in [0.2, 0.25) is 0 Å². The SMILES string of the molecule is CC(C)(C)COCCOCC(F)(F)CN1CCC(OC2CC(OC(C)(C)C)C2)CC1. The number of piperidine rings is 1. The van der Waals surface area contributed by atoms with Crippen molar-refractivity contribution in [1.29, 1.82) is 0 Å². The first-order valence-corrected chi connectivity index (χ1v) is 11.4. The molecule has 2 rings (SSSR count). The van der Waals surface area contributed by atoms with Gasteiger partial charge in [-0.1, -0.05) is 20.8 Å². The fourth-order valence-corrected chi connectivity index (χ4v) is 3.79. The first-order chi connectivity index (χ1) is 13.8. The lowest BCUT2D eigenvalue weighted by Gasteiger charge is -2.42. The van der Waals surface area contributed by atoms with Crippen LogP contribution in [-0.4, -0.2) is 80.8 Å². The molecule has 178 valence electrons. The van der Waals surface area contributed by atoms with Gasteiger partial charge in [-0.05, 0) is 51.9 Å². The summed E-state index contributed by atoms with van der Waals surface area (Å²) >= 11 is 0. The first kappa shape index (κ1) is 25.9. The van der Waals surface area contributed by atoms with Crippen LogP contribution in [0.4, 0.5) is 8.78 Å². The average molecular weight is 436 g/mol. The van der Waals surface area contributed by atoms with E-state index in [-0.39, 0.29) is 42.5 Å². The van der Waals surface area contributed by atoms with Crippen LogP contribution in [0.3, 0.4) is 0 Å². The summed E-state index contributed by atoms with van der Waals surface area (Å²) in [7, 11) is 0. The lowest BCUT2D eigenvalue weighted by molar-refractivity contribution is -0.169. The summed E-state index contributed by atoms with van der Waals surface area (Å²) in [4.78, 5) is 1.83. The number of hydrogen-bond acceptors (Lipinski definition) is 5. The van der Waals surface area contributed by atoms with E-state index in [1.165, 1.54) is 0 Å². The molecule has 0 atom stereocenters. The van der Waals surface area contributed by atoms with E-state index in [9.17, 15) is 8.78 Å². The van der Waals surface area contributed by atoms with Crippen LogP contribution in [0.5, 0.6) is 0 Å². The summed E-state index contributed by atoms with van der Waals surface area (Å²) in [5, 5.41) is 0. The lowest BCUT2D eigenvalue weighted by atomic mass is 9.90. The number of hydrogen-bond donors (Lipinski definition) is 0. The minimum Gasteiger partial charge on any atom is -0.379 e. The lowest BCUT2D eigenvalue weighted by Crippen LogP contribution is -2.48. The molecule has 0 radical (unpaired) electrons. The number of likely N-dealkylation sites (tertiary alicyclic amines) is 1. The summed E-state index contributed by atoms with van der Waals surface area (Å²) in [6.07, 6.45) is 4.19. The topological polar surface area (TPSA) is 40.2 Å². The molecule has 0 aromatic carbocycles. The minimum atomic E-state index is -2.84. The Labute approximate surface area is 181 Å². The smallest absolute Gasteiger partial charge is 0.283 e. The third-order valence-electron chi connectivity index (χ3n) is 5.17. The largest absolute Gasteiger partial charge is 0.379 e. The molecule has 1 aliphatic carbocycles. The summed E-state index contributed by atoms with van der Waals surface area (Å²) in [6.45, 7) is 14.0. The molecule has 0 amide bonds. The van der Waals surface area contributed by atoms with E-state index in [0.717, 1.165) is 25.7 Å². The second-order valence-corrected chi connectivity index (χ2v) is 11.1. The van der Waals surface area contributed by atoms with Crippen LogP contribution < -0.4 is 0 Å². The first-order valence-electron chi connectivity index (χ1n) is 11.4. The van der Waals surface area contributed by atoms with Crippen LogP contribution in [0.1, 0.15) is 67.2 Å².